The molecule has 0 unspecified atom stereocenters. The number of rotatable bonds is 8. The number of hydrogen-bond donors (Lipinski definition) is 0. The number of halogens is 1. The molecule has 0 aromatic heterocycles. The Labute approximate surface area is 204 Å². The highest BCUT2D eigenvalue weighted by Crippen LogP contribution is 2.66. The standard InChI is InChI=1S/C29H30NOP.ClH/c1-30(2)24-23-29(25-15-7-3-8-16-25,26-17-9-4-10-18-26)32(31,27-19-11-5-12-20-27)28-21-13-6-14-22-28;/h3-22H,23-24H2,1-2H3;1H. The van der Waals surface area contributed by atoms with Gasteiger partial charge in [0.15, 0.2) is 7.14 Å². The second kappa shape index (κ2) is 11.0. The van der Waals surface area contributed by atoms with Gasteiger partial charge in [-0.25, -0.2) is 0 Å². The summed E-state index contributed by atoms with van der Waals surface area (Å²) in [5.74, 6) is 0. The smallest absolute Gasteiger partial charge is 0.157 e. The van der Waals surface area contributed by atoms with Crippen LogP contribution in [0.3, 0.4) is 0 Å². The van der Waals surface area contributed by atoms with Crippen molar-refractivity contribution in [1.82, 2.24) is 4.90 Å². The molecule has 4 aromatic rings. The van der Waals surface area contributed by atoms with E-state index in [-0.39, 0.29) is 12.4 Å². The predicted molar refractivity (Wildman–Crippen MR) is 144 cm³/mol. The van der Waals surface area contributed by atoms with Gasteiger partial charge >= 0.3 is 0 Å². The average molecular weight is 476 g/mol. The summed E-state index contributed by atoms with van der Waals surface area (Å²) < 4.78 is 15.8. The molecule has 0 saturated carbocycles. The first-order valence-electron chi connectivity index (χ1n) is 11.1. The fraction of sp³-hybridized carbons (Fsp3) is 0.172. The maximum absolute atomic E-state index is 15.8. The SMILES string of the molecule is CN(C)CCC(c1ccccc1)(c1ccccc1)P(=O)(c1ccccc1)c1ccccc1.Cl. The van der Waals surface area contributed by atoms with Crippen molar-refractivity contribution in [3.63, 3.8) is 0 Å². The molecule has 0 amide bonds. The summed E-state index contributed by atoms with van der Waals surface area (Å²) in [7, 11) is 0.968. The van der Waals surface area contributed by atoms with Crippen molar-refractivity contribution in [3.05, 3.63) is 132 Å². The van der Waals surface area contributed by atoms with Crippen LogP contribution in [0.4, 0.5) is 0 Å². The Morgan fingerprint density at radius 1 is 0.606 bits per heavy atom. The average Bonchev–Trinajstić information content (AvgIpc) is 2.86. The molecule has 0 bridgehead atoms. The lowest BCUT2D eigenvalue weighted by atomic mass is 9.87. The monoisotopic (exact) mass is 475 g/mol. The van der Waals surface area contributed by atoms with E-state index in [4.69, 9.17) is 0 Å². The van der Waals surface area contributed by atoms with Crippen LogP contribution in [0.25, 0.3) is 0 Å². The van der Waals surface area contributed by atoms with E-state index in [2.05, 4.69) is 67.5 Å². The maximum Gasteiger partial charge on any atom is 0.157 e. The van der Waals surface area contributed by atoms with Gasteiger partial charge in [-0.3, -0.25) is 0 Å². The lowest BCUT2D eigenvalue weighted by Crippen LogP contribution is -2.39. The highest BCUT2D eigenvalue weighted by atomic mass is 35.5. The third-order valence-electron chi connectivity index (χ3n) is 6.20. The zero-order valence-electron chi connectivity index (χ0n) is 19.2. The van der Waals surface area contributed by atoms with Crippen LogP contribution in [0.5, 0.6) is 0 Å². The third kappa shape index (κ3) is 4.70. The van der Waals surface area contributed by atoms with Crippen molar-refractivity contribution >= 4 is 30.2 Å². The Balaban J connectivity index is 0.00000306. The van der Waals surface area contributed by atoms with Gasteiger partial charge in [-0.2, -0.15) is 0 Å². The number of hydrogen-bond acceptors (Lipinski definition) is 2. The Hall–Kier alpha value is -2.64. The van der Waals surface area contributed by atoms with Crippen molar-refractivity contribution in [2.75, 3.05) is 20.6 Å². The van der Waals surface area contributed by atoms with Crippen LogP contribution in [0.2, 0.25) is 0 Å². The van der Waals surface area contributed by atoms with Crippen molar-refractivity contribution < 1.29 is 4.57 Å². The van der Waals surface area contributed by atoms with E-state index in [9.17, 15) is 0 Å². The molecule has 0 aliphatic rings. The normalized spacial score (nSPS) is 11.7. The van der Waals surface area contributed by atoms with Crippen LogP contribution in [0.15, 0.2) is 121 Å². The maximum atomic E-state index is 15.8. The second-order valence-electron chi connectivity index (χ2n) is 8.43. The van der Waals surface area contributed by atoms with Gasteiger partial charge in [0.05, 0.1) is 5.16 Å². The highest BCUT2D eigenvalue weighted by Gasteiger charge is 2.52. The summed E-state index contributed by atoms with van der Waals surface area (Å²) in [5.41, 5.74) is 2.17. The molecule has 0 atom stereocenters. The first-order chi connectivity index (χ1) is 15.6. The van der Waals surface area contributed by atoms with E-state index >= 15 is 4.57 Å². The number of benzene rings is 4. The van der Waals surface area contributed by atoms with E-state index in [1.807, 2.05) is 72.8 Å². The van der Waals surface area contributed by atoms with Gasteiger partial charge in [-0.15, -0.1) is 12.4 Å². The lowest BCUT2D eigenvalue weighted by molar-refractivity contribution is 0.377. The molecule has 0 heterocycles. The summed E-state index contributed by atoms with van der Waals surface area (Å²) in [4.78, 5) is 2.18. The van der Waals surface area contributed by atoms with Crippen LogP contribution in [-0.2, 0) is 9.72 Å². The second-order valence-corrected chi connectivity index (χ2v) is 11.4. The van der Waals surface area contributed by atoms with Gasteiger partial charge in [-0.1, -0.05) is 121 Å². The molecule has 0 fully saturated rings. The van der Waals surface area contributed by atoms with Gasteiger partial charge in [-0.05, 0) is 38.2 Å². The summed E-state index contributed by atoms with van der Waals surface area (Å²) in [6.45, 7) is 0.813. The van der Waals surface area contributed by atoms with Gasteiger partial charge in [0, 0.05) is 10.6 Å². The topological polar surface area (TPSA) is 20.3 Å². The van der Waals surface area contributed by atoms with Crippen molar-refractivity contribution in [3.8, 4) is 0 Å². The van der Waals surface area contributed by atoms with Crippen LogP contribution in [-0.4, -0.2) is 25.5 Å². The van der Waals surface area contributed by atoms with E-state index in [0.29, 0.717) is 0 Å². The quantitative estimate of drug-likeness (QED) is 0.278. The van der Waals surface area contributed by atoms with E-state index in [1.54, 1.807) is 0 Å². The zero-order chi connectivity index (χ0) is 22.4. The predicted octanol–water partition coefficient (Wildman–Crippen LogP) is 6.32. The van der Waals surface area contributed by atoms with Crippen molar-refractivity contribution in [1.29, 1.82) is 0 Å². The Bertz CT molecular complexity index is 1080. The Kier molecular flexibility index (Phi) is 8.32. The molecule has 4 rings (SSSR count). The summed E-state index contributed by atoms with van der Waals surface area (Å²) in [6, 6.07) is 41.0. The molecule has 0 radical (unpaired) electrons. The lowest BCUT2D eigenvalue weighted by Gasteiger charge is -2.43. The molecule has 0 aliphatic heterocycles. The fourth-order valence-corrected chi connectivity index (χ4v) is 8.46. The van der Waals surface area contributed by atoms with Crippen LogP contribution >= 0.6 is 19.5 Å². The molecule has 170 valence electrons. The molecular formula is C29H31ClNOP. The first-order valence-corrected chi connectivity index (χ1v) is 12.8. The fourth-order valence-electron chi connectivity index (χ4n) is 4.66. The van der Waals surface area contributed by atoms with Crippen LogP contribution < -0.4 is 10.6 Å². The largest absolute Gasteiger partial charge is 0.312 e. The van der Waals surface area contributed by atoms with Gasteiger partial charge < -0.3 is 9.46 Å². The summed E-state index contributed by atoms with van der Waals surface area (Å²) in [6.07, 6.45) is 0.731. The zero-order valence-corrected chi connectivity index (χ0v) is 20.9. The molecule has 0 N–H and O–H groups in total. The van der Waals surface area contributed by atoms with E-state index < -0.39 is 12.3 Å². The minimum atomic E-state index is -3.19. The van der Waals surface area contributed by atoms with Crippen LogP contribution in [0.1, 0.15) is 17.5 Å². The molecule has 33 heavy (non-hydrogen) atoms. The van der Waals surface area contributed by atoms with E-state index in [0.717, 1.165) is 34.7 Å². The molecule has 0 aliphatic carbocycles. The van der Waals surface area contributed by atoms with Crippen LogP contribution in [0, 0.1) is 0 Å². The molecule has 4 heteroatoms. The highest BCUT2D eigenvalue weighted by molar-refractivity contribution is 7.80. The van der Waals surface area contributed by atoms with Gasteiger partial charge in [0.2, 0.25) is 0 Å². The Morgan fingerprint density at radius 3 is 1.27 bits per heavy atom. The minimum Gasteiger partial charge on any atom is -0.312 e. The number of nitrogens with zero attached hydrogens (tertiary/aromatic N) is 1. The molecule has 0 spiro atoms. The van der Waals surface area contributed by atoms with Crippen molar-refractivity contribution in [2.24, 2.45) is 0 Å². The first kappa shape index (κ1) is 25.0. The summed E-state index contributed by atoms with van der Waals surface area (Å²) >= 11 is 0. The molecule has 2 nitrogen and oxygen atoms in total. The molecule has 4 aromatic carbocycles. The third-order valence-corrected chi connectivity index (χ3v) is 10.1. The molecular weight excluding hydrogens is 445 g/mol. The summed E-state index contributed by atoms with van der Waals surface area (Å²) in [5, 5.41) is 1.07. The van der Waals surface area contributed by atoms with Gasteiger partial charge in [0.1, 0.15) is 0 Å². The van der Waals surface area contributed by atoms with E-state index in [1.165, 1.54) is 0 Å². The molecule has 0 saturated heterocycles. The minimum absolute atomic E-state index is 0. The Morgan fingerprint density at radius 2 is 0.939 bits per heavy atom. The van der Waals surface area contributed by atoms with Gasteiger partial charge in [0.25, 0.3) is 0 Å². The van der Waals surface area contributed by atoms with Crippen molar-refractivity contribution in [2.45, 2.75) is 11.6 Å².